The lowest BCUT2D eigenvalue weighted by molar-refractivity contribution is 0.101. The molecule has 0 aliphatic rings. The molecule has 0 saturated carbocycles. The fourth-order valence-electron chi connectivity index (χ4n) is 1.62. The van der Waals surface area contributed by atoms with E-state index in [4.69, 9.17) is 16.3 Å². The van der Waals surface area contributed by atoms with Gasteiger partial charge in [-0.15, -0.1) is 5.10 Å². The summed E-state index contributed by atoms with van der Waals surface area (Å²) in [6.45, 7) is 5.96. The summed E-state index contributed by atoms with van der Waals surface area (Å²) < 4.78 is 5.10. The molecule has 1 aromatic heterocycles. The van der Waals surface area contributed by atoms with Crippen molar-refractivity contribution in [1.29, 1.82) is 0 Å². The number of H-pyrrole nitrogens is 1. The normalized spacial score (nSPS) is 11.3. The van der Waals surface area contributed by atoms with E-state index < -0.39 is 5.91 Å². The zero-order valence-electron chi connectivity index (χ0n) is 12.3. The number of methoxy groups -OCH3 is 1. The number of aromatic nitrogens is 3. The van der Waals surface area contributed by atoms with E-state index in [1.807, 2.05) is 20.8 Å². The fourth-order valence-corrected chi connectivity index (χ4v) is 1.82. The van der Waals surface area contributed by atoms with Crippen LogP contribution >= 0.6 is 11.6 Å². The first-order chi connectivity index (χ1) is 9.81. The molecule has 0 saturated heterocycles. The second-order valence-electron chi connectivity index (χ2n) is 5.56. The third-order valence-corrected chi connectivity index (χ3v) is 3.12. The maximum absolute atomic E-state index is 12.1. The summed E-state index contributed by atoms with van der Waals surface area (Å²) in [6, 6.07) is 4.96. The Kier molecular flexibility index (Phi) is 4.18. The summed E-state index contributed by atoms with van der Waals surface area (Å²) in [7, 11) is 1.51. The van der Waals surface area contributed by atoms with E-state index in [1.54, 1.807) is 18.2 Å². The van der Waals surface area contributed by atoms with E-state index in [0.717, 1.165) is 0 Å². The minimum absolute atomic E-state index is 0.0915. The van der Waals surface area contributed by atoms with Gasteiger partial charge in [-0.1, -0.05) is 32.4 Å². The molecular formula is C14H17ClN4O2. The van der Waals surface area contributed by atoms with Crippen molar-refractivity contribution >= 4 is 23.2 Å². The number of benzene rings is 1. The number of halogens is 1. The number of aromatic amines is 1. The Bertz CT molecular complexity index is 661. The second kappa shape index (κ2) is 5.73. The van der Waals surface area contributed by atoms with Gasteiger partial charge in [-0.2, -0.15) is 0 Å². The smallest absolute Gasteiger partial charge is 0.295 e. The number of anilines is 1. The summed E-state index contributed by atoms with van der Waals surface area (Å²) in [4.78, 5) is 16.3. The lowest BCUT2D eigenvalue weighted by atomic mass is 9.96. The molecule has 1 amide bonds. The molecule has 0 aliphatic heterocycles. The van der Waals surface area contributed by atoms with Crippen LogP contribution in [0.4, 0.5) is 5.69 Å². The quantitative estimate of drug-likeness (QED) is 0.913. The Morgan fingerprint density at radius 1 is 1.38 bits per heavy atom. The molecule has 0 bridgehead atoms. The van der Waals surface area contributed by atoms with Crippen molar-refractivity contribution in [3.05, 3.63) is 34.9 Å². The van der Waals surface area contributed by atoms with Crippen LogP contribution in [-0.4, -0.2) is 28.2 Å². The van der Waals surface area contributed by atoms with Gasteiger partial charge in [0.1, 0.15) is 11.6 Å². The number of nitrogens with zero attached hydrogens (tertiary/aromatic N) is 2. The lowest BCUT2D eigenvalue weighted by Gasteiger charge is -2.12. The first kappa shape index (κ1) is 15.3. The van der Waals surface area contributed by atoms with Crippen molar-refractivity contribution in [2.45, 2.75) is 26.2 Å². The zero-order chi connectivity index (χ0) is 15.6. The molecule has 1 aromatic carbocycles. The van der Waals surface area contributed by atoms with Gasteiger partial charge < -0.3 is 10.1 Å². The zero-order valence-corrected chi connectivity index (χ0v) is 13.1. The highest BCUT2D eigenvalue weighted by atomic mass is 35.5. The average Bonchev–Trinajstić information content (AvgIpc) is 2.90. The van der Waals surface area contributed by atoms with Crippen LogP contribution in [0, 0.1) is 0 Å². The number of rotatable bonds is 3. The molecule has 7 heteroatoms. The highest BCUT2D eigenvalue weighted by Crippen LogP contribution is 2.27. The first-order valence-corrected chi connectivity index (χ1v) is 6.77. The summed E-state index contributed by atoms with van der Waals surface area (Å²) in [5, 5.41) is 9.89. The van der Waals surface area contributed by atoms with Crippen LogP contribution in [-0.2, 0) is 5.41 Å². The van der Waals surface area contributed by atoms with E-state index >= 15 is 0 Å². The van der Waals surface area contributed by atoms with Crippen LogP contribution in [0.3, 0.4) is 0 Å². The molecule has 1 heterocycles. The Labute approximate surface area is 127 Å². The molecule has 0 spiro atoms. The molecule has 6 nitrogen and oxygen atoms in total. The Hall–Kier alpha value is -2.08. The van der Waals surface area contributed by atoms with E-state index in [9.17, 15) is 4.79 Å². The van der Waals surface area contributed by atoms with E-state index in [0.29, 0.717) is 22.3 Å². The summed E-state index contributed by atoms with van der Waals surface area (Å²) in [5.41, 5.74) is 0.359. The van der Waals surface area contributed by atoms with Gasteiger partial charge in [0.2, 0.25) is 5.82 Å². The molecule has 2 rings (SSSR count). The summed E-state index contributed by atoms with van der Waals surface area (Å²) >= 11 is 5.94. The minimum Gasteiger partial charge on any atom is -0.495 e. The topological polar surface area (TPSA) is 79.9 Å². The van der Waals surface area contributed by atoms with Crippen LogP contribution in [0.5, 0.6) is 5.75 Å². The molecule has 0 radical (unpaired) electrons. The number of carbonyl (C=O) groups is 1. The predicted molar refractivity (Wildman–Crippen MR) is 81.0 cm³/mol. The van der Waals surface area contributed by atoms with E-state index in [1.165, 1.54) is 7.11 Å². The third kappa shape index (κ3) is 3.52. The molecule has 0 aliphatic carbocycles. The number of carbonyl (C=O) groups excluding carboxylic acids is 1. The molecule has 0 fully saturated rings. The Balaban J connectivity index is 2.16. The SMILES string of the molecule is COc1cc(NC(=O)c2n[nH]c(C(C)(C)C)n2)ccc1Cl. The minimum atomic E-state index is -0.397. The maximum Gasteiger partial charge on any atom is 0.295 e. The monoisotopic (exact) mass is 308 g/mol. The van der Waals surface area contributed by atoms with Gasteiger partial charge in [0.15, 0.2) is 0 Å². The van der Waals surface area contributed by atoms with Gasteiger partial charge in [-0.3, -0.25) is 9.89 Å². The maximum atomic E-state index is 12.1. The van der Waals surface area contributed by atoms with Gasteiger partial charge in [0.05, 0.1) is 12.1 Å². The first-order valence-electron chi connectivity index (χ1n) is 6.39. The van der Waals surface area contributed by atoms with Crippen molar-refractivity contribution in [3.63, 3.8) is 0 Å². The second-order valence-corrected chi connectivity index (χ2v) is 5.97. The molecule has 2 N–H and O–H groups in total. The molecule has 0 unspecified atom stereocenters. The molecule has 112 valence electrons. The summed E-state index contributed by atoms with van der Waals surface area (Å²) in [5.74, 6) is 0.834. The molecule has 2 aromatic rings. The molecular weight excluding hydrogens is 292 g/mol. The van der Waals surface area contributed by atoms with Crippen LogP contribution in [0.15, 0.2) is 18.2 Å². The summed E-state index contributed by atoms with van der Waals surface area (Å²) in [6.07, 6.45) is 0. The van der Waals surface area contributed by atoms with Gasteiger partial charge in [0.25, 0.3) is 5.91 Å². The number of hydrogen-bond acceptors (Lipinski definition) is 4. The van der Waals surface area contributed by atoms with Gasteiger partial charge in [0, 0.05) is 17.2 Å². The lowest BCUT2D eigenvalue weighted by Crippen LogP contribution is -2.16. The van der Waals surface area contributed by atoms with Crippen LogP contribution in [0.1, 0.15) is 37.2 Å². The van der Waals surface area contributed by atoms with Gasteiger partial charge in [-0.05, 0) is 12.1 Å². The average molecular weight is 309 g/mol. The van der Waals surface area contributed by atoms with Crippen molar-refractivity contribution < 1.29 is 9.53 Å². The van der Waals surface area contributed by atoms with Crippen LogP contribution in [0.2, 0.25) is 5.02 Å². The van der Waals surface area contributed by atoms with Gasteiger partial charge in [-0.25, -0.2) is 4.98 Å². The van der Waals surface area contributed by atoms with E-state index in [-0.39, 0.29) is 11.2 Å². The van der Waals surface area contributed by atoms with E-state index in [2.05, 4.69) is 20.5 Å². The highest BCUT2D eigenvalue weighted by molar-refractivity contribution is 6.32. The van der Waals surface area contributed by atoms with Crippen LogP contribution < -0.4 is 10.1 Å². The molecule has 21 heavy (non-hydrogen) atoms. The van der Waals surface area contributed by atoms with Crippen molar-refractivity contribution in [1.82, 2.24) is 15.2 Å². The van der Waals surface area contributed by atoms with Crippen molar-refractivity contribution in [2.24, 2.45) is 0 Å². The third-order valence-electron chi connectivity index (χ3n) is 2.81. The largest absolute Gasteiger partial charge is 0.495 e. The Morgan fingerprint density at radius 3 is 2.67 bits per heavy atom. The van der Waals surface area contributed by atoms with Crippen molar-refractivity contribution in [3.8, 4) is 5.75 Å². The fraction of sp³-hybridized carbons (Fsp3) is 0.357. The number of amides is 1. The Morgan fingerprint density at radius 2 is 2.10 bits per heavy atom. The number of nitrogens with one attached hydrogen (secondary N) is 2. The standard InChI is InChI=1S/C14H17ClN4O2/c1-14(2,3)13-17-11(18-19-13)12(20)16-8-5-6-9(15)10(7-8)21-4/h5-7H,1-4H3,(H,16,20)(H,17,18,19). The van der Waals surface area contributed by atoms with Gasteiger partial charge >= 0.3 is 0 Å². The molecule has 0 atom stereocenters. The highest BCUT2D eigenvalue weighted by Gasteiger charge is 2.21. The van der Waals surface area contributed by atoms with Crippen LogP contribution in [0.25, 0.3) is 0 Å². The number of ether oxygens (including phenoxy) is 1. The van der Waals surface area contributed by atoms with Crippen molar-refractivity contribution in [2.75, 3.05) is 12.4 Å². The number of hydrogen-bond donors (Lipinski definition) is 2. The predicted octanol–water partition coefficient (Wildman–Crippen LogP) is 3.02.